The van der Waals surface area contributed by atoms with Crippen molar-refractivity contribution in [3.8, 4) is 21.7 Å². The van der Waals surface area contributed by atoms with Crippen LogP contribution in [-0.4, -0.2) is 49.9 Å². The fourth-order valence-corrected chi connectivity index (χ4v) is 5.57. The van der Waals surface area contributed by atoms with E-state index in [9.17, 15) is 37.8 Å². The number of carboxylic acids is 1. The molecule has 1 atom stereocenters. The minimum Gasteiger partial charge on any atom is -0.477 e. The third kappa shape index (κ3) is 7.48. The summed E-state index contributed by atoms with van der Waals surface area (Å²) < 4.78 is 57.6. The summed E-state index contributed by atoms with van der Waals surface area (Å²) >= 11 is 0.631. The van der Waals surface area contributed by atoms with Gasteiger partial charge in [0.2, 0.25) is 5.43 Å². The Morgan fingerprint density at radius 1 is 1.11 bits per heavy atom. The highest BCUT2D eigenvalue weighted by molar-refractivity contribution is 7.13. The summed E-state index contributed by atoms with van der Waals surface area (Å²) in [6.45, 7) is 7.50. The highest BCUT2D eigenvalue weighted by atomic mass is 32.1. The topological polar surface area (TPSA) is 146 Å². The number of carbonyl (C=O) groups is 2. The fourth-order valence-electron chi connectivity index (χ4n) is 4.71. The Labute approximate surface area is 258 Å². The van der Waals surface area contributed by atoms with Crippen LogP contribution in [0, 0.1) is 11.2 Å². The first-order valence-electron chi connectivity index (χ1n) is 13.8. The van der Waals surface area contributed by atoms with Gasteiger partial charge in [-0.25, -0.2) is 23.9 Å². The summed E-state index contributed by atoms with van der Waals surface area (Å²) in [5.74, 6) is -2.49. The number of alkyl halides is 3. The summed E-state index contributed by atoms with van der Waals surface area (Å²) in [6.07, 6.45) is -1.55. The number of halogens is 4. The molecule has 4 N–H and O–H groups in total. The van der Waals surface area contributed by atoms with Gasteiger partial charge in [0.1, 0.15) is 22.2 Å². The van der Waals surface area contributed by atoms with E-state index in [1.807, 2.05) is 20.8 Å². The molecule has 1 aromatic carbocycles. The number of carboxylic acid groups (broad SMARTS) is 1. The molecule has 3 heterocycles. The van der Waals surface area contributed by atoms with E-state index in [-0.39, 0.29) is 50.4 Å². The zero-order chi connectivity index (χ0) is 33.3. The first kappa shape index (κ1) is 33.5. The van der Waals surface area contributed by atoms with Crippen molar-refractivity contribution in [1.29, 1.82) is 0 Å². The molecule has 1 unspecified atom stereocenters. The highest BCUT2D eigenvalue weighted by Gasteiger charge is 2.34. The Balaban J connectivity index is 1.97. The summed E-state index contributed by atoms with van der Waals surface area (Å²) in [6, 6.07) is 2.04. The first-order chi connectivity index (χ1) is 21.0. The standard InChI is InChI=1S/C30H31F4N5O5S/c1-5-35-28(44)38-24-9-17(26-37-23(14-45-26)30(32,33)34)19(11-36-24)16-8-18-22(10-21(16)31)39(12-20(25(18)41)27(42)43)15(13-40)6-7-29(2,3)4/h8-12,14-15,40H,5-7,13H2,1-4H3,(H,42,43)(H2,35,36,38,44). The van der Waals surface area contributed by atoms with Gasteiger partial charge in [-0.2, -0.15) is 13.2 Å². The van der Waals surface area contributed by atoms with Crippen molar-refractivity contribution in [1.82, 2.24) is 19.9 Å². The lowest BCUT2D eigenvalue weighted by Crippen LogP contribution is -2.28. The van der Waals surface area contributed by atoms with E-state index in [0.717, 1.165) is 29.9 Å². The summed E-state index contributed by atoms with van der Waals surface area (Å²) in [5.41, 5.74) is -3.16. The lowest BCUT2D eigenvalue weighted by molar-refractivity contribution is -0.140. The molecule has 15 heteroatoms. The van der Waals surface area contributed by atoms with Gasteiger partial charge in [0.15, 0.2) is 5.69 Å². The number of fused-ring (bicyclic) bond motifs is 1. The van der Waals surface area contributed by atoms with Gasteiger partial charge in [0.25, 0.3) is 0 Å². The Hall–Kier alpha value is -4.37. The van der Waals surface area contributed by atoms with Gasteiger partial charge in [-0.3, -0.25) is 10.1 Å². The van der Waals surface area contributed by atoms with Gasteiger partial charge in [0, 0.05) is 46.4 Å². The van der Waals surface area contributed by atoms with Crippen molar-refractivity contribution in [2.24, 2.45) is 5.41 Å². The number of nitrogens with zero attached hydrogens (tertiary/aromatic N) is 3. The molecular formula is C30H31F4N5O5S. The van der Waals surface area contributed by atoms with Crippen LogP contribution in [0.4, 0.5) is 28.2 Å². The second-order valence-corrected chi connectivity index (χ2v) is 12.4. The Morgan fingerprint density at radius 3 is 2.40 bits per heavy atom. The van der Waals surface area contributed by atoms with Crippen LogP contribution in [0.1, 0.15) is 62.6 Å². The molecule has 4 rings (SSSR count). The second kappa shape index (κ2) is 12.9. The summed E-state index contributed by atoms with van der Waals surface area (Å²) in [4.78, 5) is 45.3. The van der Waals surface area contributed by atoms with E-state index in [2.05, 4.69) is 20.6 Å². The van der Waals surface area contributed by atoms with Crippen LogP contribution < -0.4 is 16.1 Å². The molecule has 4 aromatic rings. The van der Waals surface area contributed by atoms with Crippen molar-refractivity contribution in [2.75, 3.05) is 18.5 Å². The zero-order valence-corrected chi connectivity index (χ0v) is 25.6. The van der Waals surface area contributed by atoms with E-state index < -0.39 is 53.3 Å². The third-order valence-corrected chi connectivity index (χ3v) is 7.86. The third-order valence-electron chi connectivity index (χ3n) is 6.98. The molecule has 0 aliphatic carbocycles. The van der Waals surface area contributed by atoms with Gasteiger partial charge >= 0.3 is 18.2 Å². The van der Waals surface area contributed by atoms with Crippen LogP contribution in [0.25, 0.3) is 32.6 Å². The van der Waals surface area contributed by atoms with Crippen LogP contribution in [0.2, 0.25) is 0 Å². The van der Waals surface area contributed by atoms with Crippen LogP contribution in [0.5, 0.6) is 0 Å². The number of amides is 2. The molecule has 0 aliphatic heterocycles. The second-order valence-electron chi connectivity index (χ2n) is 11.5. The van der Waals surface area contributed by atoms with Crippen molar-refractivity contribution < 1.29 is 37.4 Å². The number of hydrogen-bond acceptors (Lipinski definition) is 7. The van der Waals surface area contributed by atoms with Gasteiger partial charge in [-0.05, 0) is 43.4 Å². The lowest BCUT2D eigenvalue weighted by Gasteiger charge is -2.26. The number of benzene rings is 1. The lowest BCUT2D eigenvalue weighted by atomic mass is 9.88. The molecule has 0 aliphatic rings. The number of carbonyl (C=O) groups excluding carboxylic acids is 1. The highest BCUT2D eigenvalue weighted by Crippen LogP contribution is 2.40. The van der Waals surface area contributed by atoms with Crippen molar-refractivity contribution in [2.45, 2.75) is 52.8 Å². The van der Waals surface area contributed by atoms with E-state index in [4.69, 9.17) is 0 Å². The largest absolute Gasteiger partial charge is 0.477 e. The summed E-state index contributed by atoms with van der Waals surface area (Å²) in [7, 11) is 0. The molecule has 0 fully saturated rings. The number of aromatic carboxylic acids is 1. The van der Waals surface area contributed by atoms with Gasteiger partial charge in [-0.15, -0.1) is 11.3 Å². The molecule has 0 bridgehead atoms. The number of rotatable bonds is 9. The minimum atomic E-state index is -4.76. The Bertz CT molecular complexity index is 1810. The van der Waals surface area contributed by atoms with E-state index in [1.165, 1.54) is 10.6 Å². The van der Waals surface area contributed by atoms with Crippen LogP contribution in [0.15, 0.2) is 40.8 Å². The predicted molar refractivity (Wildman–Crippen MR) is 162 cm³/mol. The maximum absolute atomic E-state index is 16.0. The number of urea groups is 1. The smallest absolute Gasteiger partial charge is 0.434 e. The molecule has 10 nitrogen and oxygen atoms in total. The van der Waals surface area contributed by atoms with Crippen LogP contribution >= 0.6 is 11.3 Å². The maximum atomic E-state index is 16.0. The van der Waals surface area contributed by atoms with Crippen molar-refractivity contribution in [3.05, 3.63) is 63.3 Å². The molecule has 0 spiro atoms. The monoisotopic (exact) mass is 649 g/mol. The Morgan fingerprint density at radius 2 is 1.82 bits per heavy atom. The minimum absolute atomic E-state index is 0.0244. The van der Waals surface area contributed by atoms with Crippen LogP contribution in [-0.2, 0) is 6.18 Å². The van der Waals surface area contributed by atoms with Gasteiger partial charge in [-0.1, -0.05) is 20.8 Å². The number of thiazole rings is 1. The number of aliphatic hydroxyl groups is 1. The average Bonchev–Trinajstić information content (AvgIpc) is 3.45. The number of nitrogens with one attached hydrogen (secondary N) is 2. The molecule has 0 radical (unpaired) electrons. The molecule has 45 heavy (non-hydrogen) atoms. The average molecular weight is 650 g/mol. The summed E-state index contributed by atoms with van der Waals surface area (Å²) in [5, 5.41) is 25.4. The Kier molecular flexibility index (Phi) is 9.63. The zero-order valence-electron chi connectivity index (χ0n) is 24.8. The number of hydrogen-bond donors (Lipinski definition) is 4. The SMILES string of the molecule is CCNC(=O)Nc1cc(-c2nc(C(F)(F)F)cs2)c(-c2cc3c(=O)c(C(=O)O)cn(C(CO)CCC(C)(C)C)c3cc2F)cn1. The quantitative estimate of drug-likeness (QED) is 0.151. The normalized spacial score (nSPS) is 12.7. The van der Waals surface area contributed by atoms with Crippen LogP contribution in [0.3, 0.4) is 0 Å². The first-order valence-corrected chi connectivity index (χ1v) is 14.7. The maximum Gasteiger partial charge on any atom is 0.434 e. The van der Waals surface area contributed by atoms with Gasteiger partial charge in [0.05, 0.1) is 18.2 Å². The molecule has 3 aromatic heterocycles. The number of pyridine rings is 2. The van der Waals surface area contributed by atoms with E-state index >= 15 is 4.39 Å². The molecule has 240 valence electrons. The van der Waals surface area contributed by atoms with E-state index in [0.29, 0.717) is 24.2 Å². The molecule has 2 amide bonds. The van der Waals surface area contributed by atoms with E-state index in [1.54, 1.807) is 6.92 Å². The fraction of sp³-hybridized carbons (Fsp3) is 0.367. The molecular weight excluding hydrogens is 618 g/mol. The van der Waals surface area contributed by atoms with Crippen molar-refractivity contribution in [3.63, 3.8) is 0 Å². The number of aromatic nitrogens is 3. The van der Waals surface area contributed by atoms with Crippen molar-refractivity contribution >= 4 is 40.1 Å². The molecule has 0 saturated heterocycles. The number of aliphatic hydroxyl groups excluding tert-OH is 1. The van der Waals surface area contributed by atoms with Gasteiger partial charge < -0.3 is 20.1 Å². The molecule has 0 saturated carbocycles. The predicted octanol–water partition coefficient (Wildman–Crippen LogP) is 6.54. The number of anilines is 1.